The molecule has 3 aliphatic rings. The van der Waals surface area contributed by atoms with Crippen LogP contribution in [-0.2, 0) is 5.41 Å². The maximum atomic E-state index is 6.90. The molecule has 1 spiro atoms. The third kappa shape index (κ3) is 4.34. The van der Waals surface area contributed by atoms with Gasteiger partial charge in [0.05, 0.1) is 16.4 Å². The molecule has 0 bridgehead atoms. The van der Waals surface area contributed by atoms with E-state index < -0.39 is 5.41 Å². The fourth-order valence-corrected chi connectivity index (χ4v) is 8.72. The lowest BCUT2D eigenvalue weighted by Gasteiger charge is -2.47. The second-order valence-corrected chi connectivity index (χ2v) is 13.7. The monoisotopic (exact) mass is 672 g/mol. The first-order valence-electron chi connectivity index (χ1n) is 18.0. The summed E-state index contributed by atoms with van der Waals surface area (Å²) < 4.78 is 16.0. The molecule has 1 aliphatic carbocycles. The molecule has 1 aromatic heterocycles. The van der Waals surface area contributed by atoms with Crippen LogP contribution < -0.4 is 15.2 Å². The number of fused-ring (bicyclic) bond motifs is 11. The molecular formula is C48H36N2O2. The Morgan fingerprint density at radius 3 is 2.19 bits per heavy atom. The number of nitrogens with zero attached hydrogens (tertiary/aromatic N) is 1. The number of hydrogen-bond donors (Lipinski definition) is 1. The fraction of sp³-hybridized carbons (Fsp3) is 0.0833. The van der Waals surface area contributed by atoms with E-state index in [1.54, 1.807) is 6.20 Å². The van der Waals surface area contributed by atoms with Gasteiger partial charge in [0.15, 0.2) is 0 Å². The molecule has 0 saturated heterocycles. The van der Waals surface area contributed by atoms with Gasteiger partial charge in [0, 0.05) is 38.7 Å². The SMILES string of the molecule is C/C=C(\C=C/N)c1ccc2c(c1)Oc1ccccc1C21C2=CCCC=C2Oc2cc(-c3ccc4c(c3)c3ccccc3n4-c3ccccc3)ccc21. The molecule has 7 aromatic rings. The number of aromatic nitrogens is 1. The molecule has 4 heteroatoms. The van der Waals surface area contributed by atoms with E-state index in [9.17, 15) is 0 Å². The van der Waals surface area contributed by atoms with Crippen LogP contribution in [0.3, 0.4) is 0 Å². The maximum Gasteiger partial charge on any atom is 0.132 e. The van der Waals surface area contributed by atoms with Gasteiger partial charge < -0.3 is 19.8 Å². The average Bonchev–Trinajstić information content (AvgIpc) is 3.53. The van der Waals surface area contributed by atoms with Crippen molar-refractivity contribution in [3.05, 3.63) is 198 Å². The first-order valence-corrected chi connectivity index (χ1v) is 18.0. The van der Waals surface area contributed by atoms with Crippen LogP contribution in [0.1, 0.15) is 42.0 Å². The number of benzene rings is 6. The van der Waals surface area contributed by atoms with Crippen molar-refractivity contribution in [2.75, 3.05) is 0 Å². The summed E-state index contributed by atoms with van der Waals surface area (Å²) in [5, 5.41) is 2.46. The highest BCUT2D eigenvalue weighted by Gasteiger charge is 2.52. The average molecular weight is 673 g/mol. The quantitative estimate of drug-likeness (QED) is 0.189. The number of rotatable bonds is 4. The molecular weight excluding hydrogens is 637 g/mol. The second-order valence-electron chi connectivity index (χ2n) is 13.7. The molecule has 52 heavy (non-hydrogen) atoms. The molecule has 2 N–H and O–H groups in total. The Kier molecular flexibility index (Phi) is 6.87. The Balaban J connectivity index is 1.19. The number of ether oxygens (including phenoxy) is 2. The number of para-hydroxylation sites is 3. The molecule has 0 saturated carbocycles. The zero-order chi connectivity index (χ0) is 34.8. The van der Waals surface area contributed by atoms with Crippen LogP contribution >= 0.6 is 0 Å². The molecule has 4 nitrogen and oxygen atoms in total. The van der Waals surface area contributed by atoms with Crippen molar-refractivity contribution in [3.63, 3.8) is 0 Å². The number of nitrogens with two attached hydrogens (primary N) is 1. The summed E-state index contributed by atoms with van der Waals surface area (Å²) in [6.07, 6.45) is 12.1. The second kappa shape index (κ2) is 11.8. The summed E-state index contributed by atoms with van der Waals surface area (Å²) in [5.74, 6) is 3.47. The van der Waals surface area contributed by atoms with E-state index in [4.69, 9.17) is 15.2 Å². The Morgan fingerprint density at radius 2 is 1.33 bits per heavy atom. The number of allylic oxidation sites excluding steroid dienone is 6. The molecule has 1 unspecified atom stereocenters. The first-order chi connectivity index (χ1) is 25.7. The minimum atomic E-state index is -0.617. The molecule has 250 valence electrons. The van der Waals surface area contributed by atoms with Gasteiger partial charge in [-0.1, -0.05) is 97.1 Å². The molecule has 3 heterocycles. The fourth-order valence-electron chi connectivity index (χ4n) is 8.72. The normalized spacial score (nSPS) is 17.5. The van der Waals surface area contributed by atoms with Gasteiger partial charge in [-0.3, -0.25) is 0 Å². The molecule has 0 fully saturated rings. The van der Waals surface area contributed by atoms with E-state index in [0.717, 1.165) is 80.5 Å². The van der Waals surface area contributed by atoms with Crippen molar-refractivity contribution < 1.29 is 9.47 Å². The van der Waals surface area contributed by atoms with Crippen molar-refractivity contribution >= 4 is 27.4 Å². The van der Waals surface area contributed by atoms with Crippen LogP contribution in [0.15, 0.2) is 175 Å². The van der Waals surface area contributed by atoms with Crippen molar-refractivity contribution in [2.45, 2.75) is 25.2 Å². The summed E-state index contributed by atoms with van der Waals surface area (Å²) in [7, 11) is 0. The predicted octanol–water partition coefficient (Wildman–Crippen LogP) is 11.8. The largest absolute Gasteiger partial charge is 0.457 e. The van der Waals surface area contributed by atoms with Gasteiger partial charge in [-0.05, 0) is 109 Å². The standard InChI is InChI=1S/C48H36N2O2/c1-2-31(26-27-49)33-20-23-40-46(29-33)51-44-18-10-7-15-38(44)48(40)39-16-8-11-19-45(39)52-47-30-34(21-24-41(47)48)32-22-25-43-37(28-32)36-14-6-9-17-42(36)50(43)35-12-4-3-5-13-35/h2-7,9-10,12-30H,8,11,49H2,1H3/b27-26-,31-2+. The summed E-state index contributed by atoms with van der Waals surface area (Å²) in [4.78, 5) is 0. The van der Waals surface area contributed by atoms with E-state index in [-0.39, 0.29) is 0 Å². The van der Waals surface area contributed by atoms with Gasteiger partial charge in [-0.15, -0.1) is 0 Å². The van der Waals surface area contributed by atoms with E-state index in [1.807, 2.05) is 13.0 Å². The summed E-state index contributed by atoms with van der Waals surface area (Å²) in [6, 6.07) is 47.9. The highest BCUT2D eigenvalue weighted by atomic mass is 16.5. The summed E-state index contributed by atoms with van der Waals surface area (Å²) in [5.41, 5.74) is 17.6. The van der Waals surface area contributed by atoms with Crippen molar-refractivity contribution in [1.29, 1.82) is 0 Å². The zero-order valence-corrected chi connectivity index (χ0v) is 28.8. The van der Waals surface area contributed by atoms with Gasteiger partial charge in [0.1, 0.15) is 23.0 Å². The van der Waals surface area contributed by atoms with Crippen molar-refractivity contribution in [1.82, 2.24) is 4.57 Å². The maximum absolute atomic E-state index is 6.90. The van der Waals surface area contributed by atoms with E-state index in [2.05, 4.69) is 156 Å². The van der Waals surface area contributed by atoms with Gasteiger partial charge >= 0.3 is 0 Å². The Labute approximate surface area is 303 Å². The van der Waals surface area contributed by atoms with Gasteiger partial charge in [-0.2, -0.15) is 0 Å². The molecule has 0 radical (unpaired) electrons. The lowest BCUT2D eigenvalue weighted by atomic mass is 9.60. The number of hydrogen-bond acceptors (Lipinski definition) is 3. The first kappa shape index (κ1) is 30.3. The van der Waals surface area contributed by atoms with Gasteiger partial charge in [-0.25, -0.2) is 0 Å². The zero-order valence-electron chi connectivity index (χ0n) is 28.8. The molecule has 6 aromatic carbocycles. The van der Waals surface area contributed by atoms with Crippen LogP contribution in [-0.4, -0.2) is 4.57 Å². The minimum absolute atomic E-state index is 0.617. The van der Waals surface area contributed by atoms with Crippen LogP contribution in [0.4, 0.5) is 0 Å². The van der Waals surface area contributed by atoms with Crippen LogP contribution in [0.5, 0.6) is 17.2 Å². The van der Waals surface area contributed by atoms with Crippen LogP contribution in [0.25, 0.3) is 44.2 Å². The van der Waals surface area contributed by atoms with E-state index in [1.165, 1.54) is 27.4 Å². The molecule has 0 amide bonds. The van der Waals surface area contributed by atoms with Gasteiger partial charge in [0.25, 0.3) is 0 Å². The molecule has 1 atom stereocenters. The van der Waals surface area contributed by atoms with E-state index >= 15 is 0 Å². The third-order valence-corrected chi connectivity index (χ3v) is 11.0. The lowest BCUT2D eigenvalue weighted by molar-refractivity contribution is 0.363. The lowest BCUT2D eigenvalue weighted by Crippen LogP contribution is -2.40. The Morgan fingerprint density at radius 1 is 0.635 bits per heavy atom. The minimum Gasteiger partial charge on any atom is -0.457 e. The summed E-state index contributed by atoms with van der Waals surface area (Å²) >= 11 is 0. The Hall–Kier alpha value is -6.52. The van der Waals surface area contributed by atoms with Crippen molar-refractivity contribution in [2.24, 2.45) is 5.73 Å². The summed E-state index contributed by atoms with van der Waals surface area (Å²) in [6.45, 7) is 2.03. The van der Waals surface area contributed by atoms with Gasteiger partial charge in [0.2, 0.25) is 0 Å². The third-order valence-electron chi connectivity index (χ3n) is 11.0. The van der Waals surface area contributed by atoms with E-state index in [0.29, 0.717) is 0 Å². The van der Waals surface area contributed by atoms with Crippen LogP contribution in [0.2, 0.25) is 0 Å². The predicted molar refractivity (Wildman–Crippen MR) is 212 cm³/mol. The molecule has 10 rings (SSSR count). The van der Waals surface area contributed by atoms with Crippen LogP contribution in [0, 0.1) is 0 Å². The Bertz CT molecular complexity index is 2710. The highest BCUT2D eigenvalue weighted by molar-refractivity contribution is 6.10. The highest BCUT2D eigenvalue weighted by Crippen LogP contribution is 2.62. The molecule has 2 aliphatic heterocycles. The smallest absolute Gasteiger partial charge is 0.132 e. The topological polar surface area (TPSA) is 49.4 Å². The van der Waals surface area contributed by atoms with Crippen molar-refractivity contribution in [3.8, 4) is 34.1 Å².